The molecular weight excluding hydrogens is 468 g/mol. The van der Waals surface area contributed by atoms with E-state index in [9.17, 15) is 9.59 Å². The van der Waals surface area contributed by atoms with Crippen molar-refractivity contribution in [1.82, 2.24) is 10.2 Å². The summed E-state index contributed by atoms with van der Waals surface area (Å²) in [6.07, 6.45) is 0. The first-order valence-corrected chi connectivity index (χ1v) is 11.0. The van der Waals surface area contributed by atoms with Crippen LogP contribution in [0, 0.1) is 12.8 Å². The Morgan fingerprint density at radius 3 is 2.40 bits per heavy atom. The predicted octanol–water partition coefficient (Wildman–Crippen LogP) is 4.98. The van der Waals surface area contributed by atoms with Crippen molar-refractivity contribution in [2.24, 2.45) is 5.92 Å². The molecule has 7 heteroatoms. The van der Waals surface area contributed by atoms with Gasteiger partial charge in [0.2, 0.25) is 5.91 Å². The van der Waals surface area contributed by atoms with Crippen LogP contribution in [0.4, 0.5) is 0 Å². The van der Waals surface area contributed by atoms with Gasteiger partial charge in [-0.15, -0.1) is 0 Å². The van der Waals surface area contributed by atoms with E-state index in [2.05, 4.69) is 21.2 Å². The number of nitrogens with zero attached hydrogens (tertiary/aromatic N) is 1. The Labute approximate surface area is 191 Å². The van der Waals surface area contributed by atoms with Gasteiger partial charge >= 0.3 is 0 Å². The Morgan fingerprint density at radius 1 is 1.13 bits per heavy atom. The van der Waals surface area contributed by atoms with Crippen LogP contribution in [0.5, 0.6) is 5.75 Å². The van der Waals surface area contributed by atoms with Crippen molar-refractivity contribution in [2.75, 3.05) is 13.2 Å². The topological polar surface area (TPSA) is 58.6 Å². The SMILES string of the molecule is Cc1ccc(CN(C(=O)COc2ccc(Cl)cc2Br)[C@@H](C)C(=O)NCC(C)C)cc1. The molecule has 0 bridgehead atoms. The third-order valence-electron chi connectivity index (χ3n) is 4.57. The Hall–Kier alpha value is -2.05. The first kappa shape index (κ1) is 24.2. The molecule has 0 radical (unpaired) electrons. The smallest absolute Gasteiger partial charge is 0.261 e. The molecule has 0 heterocycles. The minimum atomic E-state index is -0.630. The summed E-state index contributed by atoms with van der Waals surface area (Å²) in [5, 5.41) is 3.47. The quantitative estimate of drug-likeness (QED) is 0.534. The molecule has 5 nitrogen and oxygen atoms in total. The number of nitrogens with one attached hydrogen (secondary N) is 1. The second-order valence-electron chi connectivity index (χ2n) is 7.69. The van der Waals surface area contributed by atoms with Crippen molar-refractivity contribution in [3.05, 3.63) is 63.1 Å². The first-order valence-electron chi connectivity index (χ1n) is 9.88. The van der Waals surface area contributed by atoms with E-state index in [-0.39, 0.29) is 18.4 Å². The molecule has 0 aliphatic rings. The van der Waals surface area contributed by atoms with E-state index in [4.69, 9.17) is 16.3 Å². The molecular formula is C23H28BrClN2O3. The van der Waals surface area contributed by atoms with Crippen molar-refractivity contribution < 1.29 is 14.3 Å². The second-order valence-corrected chi connectivity index (χ2v) is 8.98. The van der Waals surface area contributed by atoms with Gasteiger partial charge in [0, 0.05) is 18.1 Å². The van der Waals surface area contributed by atoms with Gasteiger partial charge in [-0.25, -0.2) is 0 Å². The molecule has 0 saturated heterocycles. The molecule has 2 aromatic rings. The zero-order valence-corrected chi connectivity index (χ0v) is 20.1. The van der Waals surface area contributed by atoms with Gasteiger partial charge in [-0.3, -0.25) is 9.59 Å². The number of carbonyl (C=O) groups excluding carboxylic acids is 2. The standard InChI is InChI=1S/C23H28BrClN2O3/c1-15(2)12-26-23(29)17(4)27(13-18-7-5-16(3)6-8-18)22(28)14-30-21-10-9-19(25)11-20(21)24/h5-11,15,17H,12-14H2,1-4H3,(H,26,29)/t17-/m0/s1. The maximum atomic E-state index is 13.0. The maximum absolute atomic E-state index is 13.0. The lowest BCUT2D eigenvalue weighted by Gasteiger charge is -2.29. The normalized spacial score (nSPS) is 11.8. The van der Waals surface area contributed by atoms with Crippen molar-refractivity contribution >= 4 is 39.3 Å². The third kappa shape index (κ3) is 7.33. The van der Waals surface area contributed by atoms with E-state index >= 15 is 0 Å². The van der Waals surface area contributed by atoms with Gasteiger partial charge in [0.05, 0.1) is 4.47 Å². The molecule has 0 fully saturated rings. The van der Waals surface area contributed by atoms with Crippen molar-refractivity contribution in [3.8, 4) is 5.75 Å². The van der Waals surface area contributed by atoms with E-state index in [0.29, 0.717) is 34.3 Å². The number of aryl methyl sites for hydroxylation is 1. The summed E-state index contributed by atoms with van der Waals surface area (Å²) in [5.74, 6) is 0.384. The van der Waals surface area contributed by atoms with Crippen LogP contribution >= 0.6 is 27.5 Å². The Bertz CT molecular complexity index is 871. The van der Waals surface area contributed by atoms with Crippen LogP contribution in [-0.2, 0) is 16.1 Å². The second kappa shape index (κ2) is 11.4. The molecule has 0 aromatic heterocycles. The fourth-order valence-corrected chi connectivity index (χ4v) is 3.54. The monoisotopic (exact) mass is 494 g/mol. The molecule has 30 heavy (non-hydrogen) atoms. The van der Waals surface area contributed by atoms with E-state index in [1.165, 1.54) is 0 Å². The summed E-state index contributed by atoms with van der Waals surface area (Å²) in [6, 6.07) is 12.4. The van der Waals surface area contributed by atoms with Gasteiger partial charge < -0.3 is 15.0 Å². The Morgan fingerprint density at radius 2 is 1.80 bits per heavy atom. The highest BCUT2D eigenvalue weighted by Gasteiger charge is 2.26. The Balaban J connectivity index is 2.14. The van der Waals surface area contributed by atoms with E-state index in [0.717, 1.165) is 11.1 Å². The minimum Gasteiger partial charge on any atom is -0.483 e. The minimum absolute atomic E-state index is 0.183. The zero-order chi connectivity index (χ0) is 22.3. The summed E-state index contributed by atoms with van der Waals surface area (Å²) in [4.78, 5) is 27.2. The molecule has 2 rings (SSSR count). The lowest BCUT2D eigenvalue weighted by atomic mass is 10.1. The van der Waals surface area contributed by atoms with Gasteiger partial charge in [-0.1, -0.05) is 55.3 Å². The van der Waals surface area contributed by atoms with Crippen LogP contribution in [0.15, 0.2) is 46.9 Å². The molecule has 1 N–H and O–H groups in total. The summed E-state index contributed by atoms with van der Waals surface area (Å²) < 4.78 is 6.35. The molecule has 0 unspecified atom stereocenters. The van der Waals surface area contributed by atoms with Crippen LogP contribution in [0.2, 0.25) is 5.02 Å². The van der Waals surface area contributed by atoms with Crippen LogP contribution in [-0.4, -0.2) is 35.9 Å². The van der Waals surface area contributed by atoms with Gasteiger partial charge in [0.1, 0.15) is 11.8 Å². The number of amides is 2. The summed E-state index contributed by atoms with van der Waals surface area (Å²) >= 11 is 9.34. The molecule has 0 aliphatic carbocycles. The average Bonchev–Trinajstić information content (AvgIpc) is 2.70. The first-order chi connectivity index (χ1) is 14.2. The highest BCUT2D eigenvalue weighted by atomic mass is 79.9. The largest absolute Gasteiger partial charge is 0.483 e. The van der Waals surface area contributed by atoms with Gasteiger partial charge in [-0.2, -0.15) is 0 Å². The number of rotatable bonds is 9. The molecule has 1 atom stereocenters. The molecule has 0 spiro atoms. The molecule has 2 aromatic carbocycles. The third-order valence-corrected chi connectivity index (χ3v) is 5.43. The van der Waals surface area contributed by atoms with Crippen LogP contribution in [0.1, 0.15) is 31.9 Å². The van der Waals surface area contributed by atoms with Gasteiger partial charge in [-0.05, 0) is 59.5 Å². The van der Waals surface area contributed by atoms with Gasteiger partial charge in [0.25, 0.3) is 5.91 Å². The molecule has 0 saturated carbocycles. The van der Waals surface area contributed by atoms with Crippen molar-refractivity contribution in [3.63, 3.8) is 0 Å². The summed E-state index contributed by atoms with van der Waals surface area (Å²) in [5.41, 5.74) is 2.08. The van der Waals surface area contributed by atoms with Crippen molar-refractivity contribution in [1.29, 1.82) is 0 Å². The fourth-order valence-electron chi connectivity index (χ4n) is 2.74. The Kier molecular flexibility index (Phi) is 9.18. The number of hydrogen-bond acceptors (Lipinski definition) is 3. The average molecular weight is 496 g/mol. The lowest BCUT2D eigenvalue weighted by molar-refractivity contribution is -0.142. The number of benzene rings is 2. The molecule has 2 amide bonds. The maximum Gasteiger partial charge on any atom is 0.261 e. The van der Waals surface area contributed by atoms with Crippen LogP contribution in [0.3, 0.4) is 0 Å². The number of halogens is 2. The highest BCUT2D eigenvalue weighted by molar-refractivity contribution is 9.10. The van der Waals surface area contributed by atoms with E-state index in [1.807, 2.05) is 45.0 Å². The summed E-state index contributed by atoms with van der Waals surface area (Å²) in [6.45, 7) is 8.49. The lowest BCUT2D eigenvalue weighted by Crippen LogP contribution is -2.49. The number of hydrogen-bond donors (Lipinski definition) is 1. The fraction of sp³-hybridized carbons (Fsp3) is 0.391. The number of ether oxygens (including phenoxy) is 1. The highest BCUT2D eigenvalue weighted by Crippen LogP contribution is 2.28. The van der Waals surface area contributed by atoms with E-state index < -0.39 is 6.04 Å². The van der Waals surface area contributed by atoms with Crippen molar-refractivity contribution in [2.45, 2.75) is 40.3 Å². The van der Waals surface area contributed by atoms with Crippen LogP contribution < -0.4 is 10.1 Å². The van der Waals surface area contributed by atoms with Crippen LogP contribution in [0.25, 0.3) is 0 Å². The zero-order valence-electron chi connectivity index (χ0n) is 17.7. The molecule has 162 valence electrons. The molecule has 0 aliphatic heterocycles. The van der Waals surface area contributed by atoms with Gasteiger partial charge in [0.15, 0.2) is 6.61 Å². The number of carbonyl (C=O) groups is 2. The van der Waals surface area contributed by atoms with E-state index in [1.54, 1.807) is 30.0 Å². The predicted molar refractivity (Wildman–Crippen MR) is 124 cm³/mol. The summed E-state index contributed by atoms with van der Waals surface area (Å²) in [7, 11) is 0.